The molecular formula is C21H20FN3O5S2. The fourth-order valence-corrected chi connectivity index (χ4v) is 4.50. The maximum atomic E-state index is 13.8. The van der Waals surface area contributed by atoms with E-state index in [-0.39, 0.29) is 16.1 Å². The second-order valence-electron chi connectivity index (χ2n) is 6.97. The maximum Gasteiger partial charge on any atom is 0.262 e. The van der Waals surface area contributed by atoms with E-state index >= 15 is 0 Å². The van der Waals surface area contributed by atoms with E-state index in [1.165, 1.54) is 42.5 Å². The summed E-state index contributed by atoms with van der Waals surface area (Å²) in [5, 5.41) is 2.60. The van der Waals surface area contributed by atoms with E-state index in [0.717, 1.165) is 18.4 Å². The Labute approximate surface area is 185 Å². The van der Waals surface area contributed by atoms with E-state index in [2.05, 4.69) is 14.8 Å². The van der Waals surface area contributed by atoms with Gasteiger partial charge in [-0.15, -0.1) is 0 Å². The van der Waals surface area contributed by atoms with E-state index in [4.69, 9.17) is 0 Å². The standard InChI is InChI=1S/C21H20FN3O5S2/c1-14-10-11-16(13-20(14)24-31(2,27)28)23-21(26)15-6-5-7-17(12-15)32(29,30)25-19-9-4-3-8-18(19)22/h3-13,24-25H,1-2H3,(H,23,26). The van der Waals surface area contributed by atoms with Crippen molar-refractivity contribution in [3.63, 3.8) is 0 Å². The summed E-state index contributed by atoms with van der Waals surface area (Å²) in [4.78, 5) is 12.4. The number of aryl methyl sites for hydroxylation is 1. The molecule has 0 aliphatic rings. The summed E-state index contributed by atoms with van der Waals surface area (Å²) in [6.45, 7) is 1.70. The molecule has 0 saturated heterocycles. The zero-order valence-electron chi connectivity index (χ0n) is 17.1. The minimum absolute atomic E-state index is 0.0413. The van der Waals surface area contributed by atoms with Crippen LogP contribution in [0.15, 0.2) is 71.6 Å². The van der Waals surface area contributed by atoms with Crippen LogP contribution in [0.2, 0.25) is 0 Å². The molecule has 1 amide bonds. The summed E-state index contributed by atoms with van der Waals surface area (Å²) in [6.07, 6.45) is 1.01. The fourth-order valence-electron chi connectivity index (χ4n) is 2.76. The second kappa shape index (κ2) is 8.97. The Balaban J connectivity index is 1.83. The molecule has 0 fully saturated rings. The number of carbonyl (C=O) groups is 1. The third-order valence-corrected chi connectivity index (χ3v) is 6.27. The average molecular weight is 478 g/mol. The number of anilines is 3. The Hall–Kier alpha value is -3.44. The Morgan fingerprint density at radius 1 is 0.844 bits per heavy atom. The molecule has 3 N–H and O–H groups in total. The topological polar surface area (TPSA) is 121 Å². The first-order chi connectivity index (χ1) is 14.9. The number of benzene rings is 3. The van der Waals surface area contributed by atoms with E-state index in [0.29, 0.717) is 16.9 Å². The van der Waals surface area contributed by atoms with Gasteiger partial charge in [0.25, 0.3) is 15.9 Å². The van der Waals surface area contributed by atoms with Crippen molar-refractivity contribution in [3.8, 4) is 0 Å². The van der Waals surface area contributed by atoms with Crippen molar-refractivity contribution < 1.29 is 26.0 Å². The van der Waals surface area contributed by atoms with Crippen LogP contribution in [-0.2, 0) is 20.0 Å². The molecule has 0 aliphatic heterocycles. The molecule has 3 rings (SSSR count). The van der Waals surface area contributed by atoms with Crippen molar-refractivity contribution in [1.29, 1.82) is 0 Å². The summed E-state index contributed by atoms with van der Waals surface area (Å²) in [6, 6.07) is 15.2. The first kappa shape index (κ1) is 23.2. The zero-order chi connectivity index (χ0) is 23.5. The van der Waals surface area contributed by atoms with Gasteiger partial charge in [0.1, 0.15) is 5.82 Å². The summed E-state index contributed by atoms with van der Waals surface area (Å²) in [5.41, 5.74) is 1.09. The van der Waals surface area contributed by atoms with Gasteiger partial charge in [0.05, 0.1) is 22.5 Å². The lowest BCUT2D eigenvalue weighted by molar-refractivity contribution is 0.102. The molecule has 0 radical (unpaired) electrons. The Morgan fingerprint density at radius 2 is 1.56 bits per heavy atom. The van der Waals surface area contributed by atoms with Gasteiger partial charge < -0.3 is 5.32 Å². The highest BCUT2D eigenvalue weighted by Crippen LogP contribution is 2.23. The molecule has 0 unspecified atom stereocenters. The largest absolute Gasteiger partial charge is 0.322 e. The lowest BCUT2D eigenvalue weighted by Crippen LogP contribution is -2.16. The van der Waals surface area contributed by atoms with Crippen LogP contribution in [0.1, 0.15) is 15.9 Å². The number of carbonyl (C=O) groups excluding carboxylic acids is 1. The van der Waals surface area contributed by atoms with E-state index in [1.54, 1.807) is 19.1 Å². The molecule has 11 heteroatoms. The number of amides is 1. The smallest absolute Gasteiger partial charge is 0.262 e. The maximum absolute atomic E-state index is 13.8. The number of para-hydroxylation sites is 1. The highest BCUT2D eigenvalue weighted by atomic mass is 32.2. The van der Waals surface area contributed by atoms with Crippen molar-refractivity contribution >= 4 is 43.0 Å². The van der Waals surface area contributed by atoms with Crippen LogP contribution in [0, 0.1) is 12.7 Å². The van der Waals surface area contributed by atoms with Gasteiger partial charge in [-0.05, 0) is 55.0 Å². The molecule has 3 aromatic carbocycles. The van der Waals surface area contributed by atoms with Gasteiger partial charge in [0, 0.05) is 11.3 Å². The highest BCUT2D eigenvalue weighted by Gasteiger charge is 2.18. The number of sulfonamides is 2. The molecule has 0 saturated carbocycles. The predicted molar refractivity (Wildman–Crippen MR) is 121 cm³/mol. The number of rotatable bonds is 7. The average Bonchev–Trinajstić information content (AvgIpc) is 2.71. The molecule has 3 aromatic rings. The van der Waals surface area contributed by atoms with Crippen LogP contribution in [0.4, 0.5) is 21.5 Å². The molecule has 0 spiro atoms. The molecule has 8 nitrogen and oxygen atoms in total. The number of nitrogens with one attached hydrogen (secondary N) is 3. The van der Waals surface area contributed by atoms with Crippen LogP contribution >= 0.6 is 0 Å². The van der Waals surface area contributed by atoms with Crippen LogP contribution < -0.4 is 14.8 Å². The SMILES string of the molecule is Cc1ccc(NC(=O)c2cccc(S(=O)(=O)Nc3ccccc3F)c2)cc1NS(C)(=O)=O. The quantitative estimate of drug-likeness (QED) is 0.480. The van der Waals surface area contributed by atoms with Gasteiger partial charge in [-0.3, -0.25) is 14.2 Å². The van der Waals surface area contributed by atoms with E-state index in [1.807, 2.05) is 0 Å². The molecule has 0 aromatic heterocycles. The van der Waals surface area contributed by atoms with Crippen molar-refractivity contribution in [2.24, 2.45) is 0 Å². The van der Waals surface area contributed by atoms with Gasteiger partial charge in [0.15, 0.2) is 0 Å². The van der Waals surface area contributed by atoms with Gasteiger partial charge in [-0.25, -0.2) is 21.2 Å². The Kier molecular flexibility index (Phi) is 6.51. The predicted octanol–water partition coefficient (Wildman–Crippen LogP) is 3.56. The lowest BCUT2D eigenvalue weighted by Gasteiger charge is -2.12. The van der Waals surface area contributed by atoms with Gasteiger partial charge in [-0.2, -0.15) is 0 Å². The third kappa shape index (κ3) is 5.83. The van der Waals surface area contributed by atoms with Crippen LogP contribution in [-0.4, -0.2) is 29.0 Å². The Morgan fingerprint density at radius 3 is 2.25 bits per heavy atom. The monoisotopic (exact) mass is 477 g/mol. The minimum Gasteiger partial charge on any atom is -0.322 e. The second-order valence-corrected chi connectivity index (χ2v) is 10.4. The van der Waals surface area contributed by atoms with Crippen molar-refractivity contribution in [1.82, 2.24) is 0 Å². The number of hydrogen-bond acceptors (Lipinski definition) is 5. The molecule has 0 heterocycles. The minimum atomic E-state index is -4.14. The van der Waals surface area contributed by atoms with Crippen LogP contribution in [0.5, 0.6) is 0 Å². The van der Waals surface area contributed by atoms with Crippen molar-refractivity contribution in [2.75, 3.05) is 21.0 Å². The molecule has 32 heavy (non-hydrogen) atoms. The fraction of sp³-hybridized carbons (Fsp3) is 0.0952. The summed E-state index contributed by atoms with van der Waals surface area (Å²) >= 11 is 0. The van der Waals surface area contributed by atoms with Gasteiger partial charge >= 0.3 is 0 Å². The highest BCUT2D eigenvalue weighted by molar-refractivity contribution is 7.92. The van der Waals surface area contributed by atoms with Crippen molar-refractivity contribution in [2.45, 2.75) is 11.8 Å². The molecule has 0 aliphatic carbocycles. The third-order valence-electron chi connectivity index (χ3n) is 4.32. The van der Waals surface area contributed by atoms with Gasteiger partial charge in [-0.1, -0.05) is 24.3 Å². The summed E-state index contributed by atoms with van der Waals surface area (Å²) in [7, 11) is -7.66. The van der Waals surface area contributed by atoms with Gasteiger partial charge in [0.2, 0.25) is 10.0 Å². The number of halogens is 1. The first-order valence-electron chi connectivity index (χ1n) is 9.22. The summed E-state index contributed by atoms with van der Waals surface area (Å²) < 4.78 is 66.6. The van der Waals surface area contributed by atoms with Crippen LogP contribution in [0.25, 0.3) is 0 Å². The first-order valence-corrected chi connectivity index (χ1v) is 12.6. The van der Waals surface area contributed by atoms with Crippen LogP contribution in [0.3, 0.4) is 0 Å². The van der Waals surface area contributed by atoms with E-state index < -0.39 is 31.8 Å². The Bertz CT molecular complexity index is 1390. The normalized spacial score (nSPS) is 11.6. The van der Waals surface area contributed by atoms with E-state index in [9.17, 15) is 26.0 Å². The molecular weight excluding hydrogens is 457 g/mol. The lowest BCUT2D eigenvalue weighted by atomic mass is 10.1. The molecule has 0 bridgehead atoms. The number of hydrogen-bond donors (Lipinski definition) is 3. The molecule has 168 valence electrons. The zero-order valence-corrected chi connectivity index (χ0v) is 18.7. The van der Waals surface area contributed by atoms with Crippen molar-refractivity contribution in [3.05, 3.63) is 83.7 Å². The molecule has 0 atom stereocenters. The summed E-state index contributed by atoms with van der Waals surface area (Å²) in [5.74, 6) is -1.34.